The van der Waals surface area contributed by atoms with E-state index in [0.29, 0.717) is 0 Å². The van der Waals surface area contributed by atoms with Crippen molar-refractivity contribution in [3.63, 3.8) is 0 Å². The lowest BCUT2D eigenvalue weighted by molar-refractivity contribution is 1.25. The van der Waals surface area contributed by atoms with Gasteiger partial charge in [0.1, 0.15) is 0 Å². The third-order valence-electron chi connectivity index (χ3n) is 9.23. The minimum atomic E-state index is 0.0968. The average molecular weight is 573 g/mol. The zero-order valence-corrected chi connectivity index (χ0v) is 24.7. The number of hydrogen-bond acceptors (Lipinski definition) is 2. The van der Waals surface area contributed by atoms with Crippen molar-refractivity contribution < 1.29 is 0 Å². The fourth-order valence-electron chi connectivity index (χ4n) is 7.29. The molecule has 7 aromatic rings. The summed E-state index contributed by atoms with van der Waals surface area (Å²) in [5, 5.41) is 0. The Morgan fingerprint density at radius 2 is 0.800 bits per heavy atom. The molecule has 0 atom stereocenters. The molecule has 0 N–H and O–H groups in total. The number of para-hydroxylation sites is 2. The van der Waals surface area contributed by atoms with E-state index in [-0.39, 0.29) is 6.71 Å². The van der Waals surface area contributed by atoms with Crippen LogP contribution in [0.15, 0.2) is 176 Å². The van der Waals surface area contributed by atoms with E-state index in [1.54, 1.807) is 0 Å². The molecule has 0 fully saturated rings. The van der Waals surface area contributed by atoms with Gasteiger partial charge in [0.05, 0.1) is 0 Å². The van der Waals surface area contributed by atoms with Crippen LogP contribution < -0.4 is 26.2 Å². The van der Waals surface area contributed by atoms with Crippen LogP contribution in [0.4, 0.5) is 34.1 Å². The van der Waals surface area contributed by atoms with Gasteiger partial charge < -0.3 is 9.80 Å². The highest BCUT2D eigenvalue weighted by Crippen LogP contribution is 2.44. The van der Waals surface area contributed by atoms with Gasteiger partial charge in [0.15, 0.2) is 0 Å². The van der Waals surface area contributed by atoms with Gasteiger partial charge in [-0.3, -0.25) is 0 Å². The summed E-state index contributed by atoms with van der Waals surface area (Å²) in [6.45, 7) is 0.0968. The highest BCUT2D eigenvalue weighted by Gasteiger charge is 2.43. The molecular formula is C42H29BN2. The second kappa shape index (κ2) is 10.4. The maximum absolute atomic E-state index is 2.48. The SMILES string of the molecule is c1ccc(-c2cccc(N3c4ccc(-c5ccccc5)cc4B4c5ccccc5N(c5ccccc5)c5cccc3c54)c2)cc1. The first-order valence-electron chi connectivity index (χ1n) is 15.6. The molecule has 210 valence electrons. The maximum Gasteiger partial charge on any atom is 0.252 e. The highest BCUT2D eigenvalue weighted by molar-refractivity contribution is 7.00. The van der Waals surface area contributed by atoms with Crippen LogP contribution in [0.25, 0.3) is 22.3 Å². The quantitative estimate of drug-likeness (QED) is 0.194. The summed E-state index contributed by atoms with van der Waals surface area (Å²) in [7, 11) is 0. The molecule has 0 saturated heterocycles. The molecule has 45 heavy (non-hydrogen) atoms. The number of fused-ring (bicyclic) bond motifs is 4. The standard InChI is InChI=1S/C42H29BN2/c1-4-14-30(15-5-1)32-18-12-21-35(28-32)45-39-27-26-33(31-16-6-2-7-17-31)29-37(39)43-36-22-10-11-23-38(36)44(34-19-8-3-9-20-34)40-24-13-25-41(45)42(40)43/h1-29H. The van der Waals surface area contributed by atoms with Gasteiger partial charge >= 0.3 is 0 Å². The van der Waals surface area contributed by atoms with Crippen LogP contribution in [0.5, 0.6) is 0 Å². The van der Waals surface area contributed by atoms with Gasteiger partial charge in [-0.25, -0.2) is 0 Å². The Morgan fingerprint density at radius 3 is 1.51 bits per heavy atom. The monoisotopic (exact) mass is 572 g/mol. The molecule has 3 heteroatoms. The van der Waals surface area contributed by atoms with Crippen LogP contribution in [0.2, 0.25) is 0 Å². The molecule has 2 nitrogen and oxygen atoms in total. The van der Waals surface area contributed by atoms with Crippen molar-refractivity contribution in [2.45, 2.75) is 0 Å². The topological polar surface area (TPSA) is 6.48 Å². The highest BCUT2D eigenvalue weighted by atomic mass is 15.2. The Balaban J connectivity index is 1.33. The number of nitrogens with zero attached hydrogens (tertiary/aromatic N) is 2. The molecule has 2 heterocycles. The van der Waals surface area contributed by atoms with Crippen molar-refractivity contribution in [3.05, 3.63) is 176 Å². The van der Waals surface area contributed by atoms with E-state index in [1.807, 2.05) is 0 Å². The van der Waals surface area contributed by atoms with Gasteiger partial charge in [-0.15, -0.1) is 0 Å². The van der Waals surface area contributed by atoms with Gasteiger partial charge in [0, 0.05) is 34.1 Å². The lowest BCUT2D eigenvalue weighted by atomic mass is 9.33. The predicted octanol–water partition coefficient (Wildman–Crippen LogP) is 9.10. The molecule has 0 aliphatic carbocycles. The minimum absolute atomic E-state index is 0.0968. The zero-order valence-electron chi connectivity index (χ0n) is 24.7. The molecule has 0 saturated carbocycles. The van der Waals surface area contributed by atoms with Crippen LogP contribution >= 0.6 is 0 Å². The summed E-state index contributed by atoms with van der Waals surface area (Å²) in [4.78, 5) is 4.91. The molecule has 2 aliphatic heterocycles. The lowest BCUT2D eigenvalue weighted by Crippen LogP contribution is -2.61. The molecule has 0 radical (unpaired) electrons. The maximum atomic E-state index is 2.48. The fourth-order valence-corrected chi connectivity index (χ4v) is 7.29. The predicted molar refractivity (Wildman–Crippen MR) is 191 cm³/mol. The van der Waals surface area contributed by atoms with Gasteiger partial charge in [0.25, 0.3) is 6.71 Å². The van der Waals surface area contributed by atoms with Crippen molar-refractivity contribution in [2.24, 2.45) is 0 Å². The van der Waals surface area contributed by atoms with Gasteiger partial charge in [-0.1, -0.05) is 127 Å². The Morgan fingerprint density at radius 1 is 0.311 bits per heavy atom. The Hall–Kier alpha value is -5.80. The van der Waals surface area contributed by atoms with Gasteiger partial charge in [0.2, 0.25) is 0 Å². The molecule has 0 spiro atoms. The number of anilines is 6. The summed E-state index contributed by atoms with van der Waals surface area (Å²) in [5.74, 6) is 0. The summed E-state index contributed by atoms with van der Waals surface area (Å²) >= 11 is 0. The molecule has 2 aliphatic rings. The van der Waals surface area contributed by atoms with E-state index in [4.69, 9.17) is 0 Å². The van der Waals surface area contributed by atoms with Crippen molar-refractivity contribution >= 4 is 57.2 Å². The van der Waals surface area contributed by atoms with Crippen molar-refractivity contribution in [1.82, 2.24) is 0 Å². The first-order chi connectivity index (χ1) is 22.3. The smallest absolute Gasteiger partial charge is 0.252 e. The van der Waals surface area contributed by atoms with Crippen LogP contribution in [0.1, 0.15) is 0 Å². The Labute approximate surface area is 264 Å². The summed E-state index contributed by atoms with van der Waals surface area (Å²) in [6, 6.07) is 63.9. The number of benzene rings is 7. The van der Waals surface area contributed by atoms with E-state index in [1.165, 1.54) is 67.1 Å². The second-order valence-corrected chi connectivity index (χ2v) is 11.8. The van der Waals surface area contributed by atoms with Crippen LogP contribution in [0.3, 0.4) is 0 Å². The third-order valence-corrected chi connectivity index (χ3v) is 9.23. The zero-order chi connectivity index (χ0) is 29.7. The number of rotatable bonds is 4. The number of hydrogen-bond donors (Lipinski definition) is 0. The van der Waals surface area contributed by atoms with Crippen molar-refractivity contribution in [1.29, 1.82) is 0 Å². The average Bonchev–Trinajstić information content (AvgIpc) is 3.12. The fraction of sp³-hybridized carbons (Fsp3) is 0. The van der Waals surface area contributed by atoms with Gasteiger partial charge in [-0.05, 0) is 87.2 Å². The Kier molecular flexibility index (Phi) is 5.95. The van der Waals surface area contributed by atoms with Crippen LogP contribution in [-0.4, -0.2) is 6.71 Å². The molecule has 0 amide bonds. The van der Waals surface area contributed by atoms with E-state index >= 15 is 0 Å². The van der Waals surface area contributed by atoms with Crippen molar-refractivity contribution in [2.75, 3.05) is 9.80 Å². The van der Waals surface area contributed by atoms with E-state index in [2.05, 4.69) is 186 Å². The van der Waals surface area contributed by atoms with Gasteiger partial charge in [-0.2, -0.15) is 0 Å². The third kappa shape index (κ3) is 4.12. The van der Waals surface area contributed by atoms with E-state index < -0.39 is 0 Å². The Bertz CT molecular complexity index is 2180. The molecule has 7 aromatic carbocycles. The molecule has 0 unspecified atom stereocenters. The van der Waals surface area contributed by atoms with E-state index in [0.717, 1.165) is 5.69 Å². The van der Waals surface area contributed by atoms with Crippen LogP contribution in [-0.2, 0) is 0 Å². The largest absolute Gasteiger partial charge is 0.311 e. The van der Waals surface area contributed by atoms with Crippen molar-refractivity contribution in [3.8, 4) is 22.3 Å². The molecule has 9 rings (SSSR count). The summed E-state index contributed by atoms with van der Waals surface area (Å²) in [5.41, 5.74) is 16.1. The molecular weight excluding hydrogens is 543 g/mol. The molecule has 0 aromatic heterocycles. The molecule has 0 bridgehead atoms. The summed E-state index contributed by atoms with van der Waals surface area (Å²) in [6.07, 6.45) is 0. The first kappa shape index (κ1) is 25.7. The second-order valence-electron chi connectivity index (χ2n) is 11.8. The summed E-state index contributed by atoms with van der Waals surface area (Å²) < 4.78 is 0. The normalized spacial score (nSPS) is 12.8. The van der Waals surface area contributed by atoms with E-state index in [9.17, 15) is 0 Å². The lowest BCUT2D eigenvalue weighted by Gasteiger charge is -2.44. The first-order valence-corrected chi connectivity index (χ1v) is 15.6. The van der Waals surface area contributed by atoms with Crippen LogP contribution in [0, 0.1) is 0 Å². The minimum Gasteiger partial charge on any atom is -0.311 e.